The van der Waals surface area contributed by atoms with E-state index in [0.717, 1.165) is 0 Å². The SMILES string of the molecule is COC(=O)N1C=CC=N[C@@H]1Br. The summed E-state index contributed by atoms with van der Waals surface area (Å²) in [5, 5.41) is -0.347. The lowest BCUT2D eigenvalue weighted by molar-refractivity contribution is 0.138. The van der Waals surface area contributed by atoms with Gasteiger partial charge in [0.25, 0.3) is 0 Å². The average Bonchev–Trinajstić information content (AvgIpc) is 2.04. The second-order valence-electron chi connectivity index (χ2n) is 1.83. The summed E-state index contributed by atoms with van der Waals surface area (Å²) in [6, 6.07) is 0. The van der Waals surface area contributed by atoms with Crippen molar-refractivity contribution in [2.45, 2.75) is 5.08 Å². The average molecular weight is 219 g/mol. The number of allylic oxidation sites excluding steroid dienone is 1. The minimum Gasteiger partial charge on any atom is -0.452 e. The predicted octanol–water partition coefficient (Wildman–Crippen LogP) is 1.33. The molecule has 0 aromatic carbocycles. The summed E-state index contributed by atoms with van der Waals surface area (Å²) < 4.78 is 4.49. The molecule has 0 bridgehead atoms. The van der Waals surface area contributed by atoms with E-state index in [0.29, 0.717) is 0 Å². The zero-order chi connectivity index (χ0) is 8.27. The Morgan fingerprint density at radius 1 is 1.82 bits per heavy atom. The highest BCUT2D eigenvalue weighted by atomic mass is 79.9. The number of alkyl halides is 1. The highest BCUT2D eigenvalue weighted by Gasteiger charge is 2.19. The standard InChI is InChI=1S/C6H7BrN2O2/c1-11-6(10)9-4-2-3-8-5(9)7/h2-5H,1H3/t5-/m0/s1. The van der Waals surface area contributed by atoms with Gasteiger partial charge in [0.2, 0.25) is 0 Å². The number of methoxy groups -OCH3 is 1. The first-order chi connectivity index (χ1) is 5.25. The number of hydrogen-bond donors (Lipinski definition) is 0. The predicted molar refractivity (Wildman–Crippen MR) is 44.6 cm³/mol. The number of nitrogens with zero attached hydrogens (tertiary/aromatic N) is 2. The van der Waals surface area contributed by atoms with Crippen LogP contribution in [0.3, 0.4) is 0 Å². The third-order valence-electron chi connectivity index (χ3n) is 1.16. The smallest absolute Gasteiger partial charge is 0.416 e. The Hall–Kier alpha value is -0.840. The van der Waals surface area contributed by atoms with Crippen LogP contribution in [0.4, 0.5) is 4.79 Å². The van der Waals surface area contributed by atoms with Crippen molar-refractivity contribution in [3.05, 3.63) is 12.3 Å². The van der Waals surface area contributed by atoms with Gasteiger partial charge >= 0.3 is 6.09 Å². The number of hydrogen-bond acceptors (Lipinski definition) is 3. The van der Waals surface area contributed by atoms with Crippen molar-refractivity contribution in [2.75, 3.05) is 7.11 Å². The van der Waals surface area contributed by atoms with Crippen LogP contribution < -0.4 is 0 Å². The Labute approximate surface area is 72.7 Å². The summed E-state index contributed by atoms with van der Waals surface area (Å²) in [5.41, 5.74) is 0. The quantitative estimate of drug-likeness (QED) is 0.455. The fourth-order valence-corrected chi connectivity index (χ4v) is 1.09. The number of carbonyl (C=O) groups is 1. The van der Waals surface area contributed by atoms with Crippen LogP contribution in [0, 0.1) is 0 Å². The molecule has 4 nitrogen and oxygen atoms in total. The first kappa shape index (κ1) is 8.26. The third kappa shape index (κ3) is 1.80. The number of rotatable bonds is 0. The third-order valence-corrected chi connectivity index (χ3v) is 1.83. The molecular weight excluding hydrogens is 212 g/mol. The molecule has 0 radical (unpaired) electrons. The molecule has 1 amide bonds. The Morgan fingerprint density at radius 2 is 2.55 bits per heavy atom. The van der Waals surface area contributed by atoms with Gasteiger partial charge in [-0.3, -0.25) is 9.89 Å². The van der Waals surface area contributed by atoms with Crippen LogP contribution in [0.1, 0.15) is 0 Å². The van der Waals surface area contributed by atoms with Crippen molar-refractivity contribution in [3.8, 4) is 0 Å². The van der Waals surface area contributed by atoms with E-state index in [-0.39, 0.29) is 5.08 Å². The van der Waals surface area contributed by atoms with Crippen molar-refractivity contribution >= 4 is 28.2 Å². The Balaban J connectivity index is 2.65. The van der Waals surface area contributed by atoms with Crippen molar-refractivity contribution in [1.29, 1.82) is 0 Å². The molecule has 5 heteroatoms. The molecule has 0 spiro atoms. The summed E-state index contributed by atoms with van der Waals surface area (Å²) in [5.74, 6) is 0. The van der Waals surface area contributed by atoms with E-state index in [1.54, 1.807) is 18.5 Å². The van der Waals surface area contributed by atoms with Gasteiger partial charge in [0.1, 0.15) is 0 Å². The molecule has 0 unspecified atom stereocenters. The summed E-state index contributed by atoms with van der Waals surface area (Å²) in [4.78, 5) is 16.2. The van der Waals surface area contributed by atoms with Gasteiger partial charge in [0, 0.05) is 12.4 Å². The van der Waals surface area contributed by atoms with Crippen molar-refractivity contribution in [1.82, 2.24) is 4.90 Å². The number of halogens is 1. The Morgan fingerprint density at radius 3 is 3.09 bits per heavy atom. The molecular formula is C6H7BrN2O2. The molecule has 1 aliphatic heterocycles. The van der Waals surface area contributed by atoms with Crippen molar-refractivity contribution in [2.24, 2.45) is 4.99 Å². The fourth-order valence-electron chi connectivity index (χ4n) is 0.648. The summed E-state index contributed by atoms with van der Waals surface area (Å²) in [6.45, 7) is 0. The zero-order valence-corrected chi connectivity index (χ0v) is 7.48. The van der Waals surface area contributed by atoms with E-state index in [1.807, 2.05) is 0 Å². The van der Waals surface area contributed by atoms with Crippen molar-refractivity contribution in [3.63, 3.8) is 0 Å². The lowest BCUT2D eigenvalue weighted by Crippen LogP contribution is -2.32. The number of ether oxygens (including phenoxy) is 1. The van der Waals surface area contributed by atoms with Crippen LogP contribution in [-0.4, -0.2) is 29.4 Å². The molecule has 1 atom stereocenters. The molecule has 60 valence electrons. The second-order valence-corrected chi connectivity index (χ2v) is 2.65. The van der Waals surface area contributed by atoms with Gasteiger partial charge in [-0.05, 0) is 22.0 Å². The molecule has 0 aliphatic carbocycles. The van der Waals surface area contributed by atoms with Crippen molar-refractivity contribution < 1.29 is 9.53 Å². The molecule has 0 N–H and O–H groups in total. The highest BCUT2D eigenvalue weighted by Crippen LogP contribution is 2.13. The molecule has 0 fully saturated rings. The second kappa shape index (κ2) is 3.52. The molecule has 0 saturated carbocycles. The molecule has 0 aromatic rings. The van der Waals surface area contributed by atoms with E-state index in [4.69, 9.17) is 0 Å². The number of carbonyl (C=O) groups excluding carboxylic acids is 1. The normalized spacial score (nSPS) is 22.0. The van der Waals surface area contributed by atoms with Crippen LogP contribution in [-0.2, 0) is 4.74 Å². The van der Waals surface area contributed by atoms with Crippen LogP contribution in [0.15, 0.2) is 17.3 Å². The van der Waals surface area contributed by atoms with Gasteiger partial charge in [-0.2, -0.15) is 0 Å². The fraction of sp³-hybridized carbons (Fsp3) is 0.333. The van der Waals surface area contributed by atoms with Crippen LogP contribution in [0.5, 0.6) is 0 Å². The molecule has 0 saturated heterocycles. The van der Waals surface area contributed by atoms with Crippen LogP contribution >= 0.6 is 15.9 Å². The monoisotopic (exact) mass is 218 g/mol. The molecule has 1 heterocycles. The van der Waals surface area contributed by atoms with Gasteiger partial charge < -0.3 is 4.74 Å². The Kier molecular flexibility index (Phi) is 2.64. The van der Waals surface area contributed by atoms with Gasteiger partial charge in [-0.1, -0.05) is 0 Å². The zero-order valence-electron chi connectivity index (χ0n) is 5.90. The molecule has 11 heavy (non-hydrogen) atoms. The maximum Gasteiger partial charge on any atom is 0.416 e. The Bertz CT molecular complexity index is 215. The van der Waals surface area contributed by atoms with Gasteiger partial charge in [0.05, 0.1) is 7.11 Å². The largest absolute Gasteiger partial charge is 0.452 e. The minimum absolute atomic E-state index is 0.347. The summed E-state index contributed by atoms with van der Waals surface area (Å²) in [7, 11) is 1.33. The minimum atomic E-state index is -0.431. The highest BCUT2D eigenvalue weighted by molar-refractivity contribution is 9.09. The van der Waals surface area contributed by atoms with Crippen LogP contribution in [0.25, 0.3) is 0 Å². The maximum atomic E-state index is 10.9. The van der Waals surface area contributed by atoms with Gasteiger partial charge in [-0.15, -0.1) is 0 Å². The van der Waals surface area contributed by atoms with Gasteiger partial charge in [-0.25, -0.2) is 4.79 Å². The van der Waals surface area contributed by atoms with Gasteiger partial charge in [0.15, 0.2) is 5.08 Å². The summed E-state index contributed by atoms with van der Waals surface area (Å²) in [6.07, 6.45) is 4.44. The van der Waals surface area contributed by atoms with E-state index in [2.05, 4.69) is 25.7 Å². The van der Waals surface area contributed by atoms with E-state index in [9.17, 15) is 4.79 Å². The topological polar surface area (TPSA) is 41.9 Å². The lowest BCUT2D eigenvalue weighted by Gasteiger charge is -2.21. The maximum absolute atomic E-state index is 10.9. The van der Waals surface area contributed by atoms with E-state index < -0.39 is 6.09 Å². The molecule has 1 rings (SSSR count). The lowest BCUT2D eigenvalue weighted by atomic mass is 10.5. The van der Waals surface area contributed by atoms with E-state index in [1.165, 1.54) is 12.0 Å². The molecule has 0 aromatic heterocycles. The van der Waals surface area contributed by atoms with E-state index >= 15 is 0 Å². The molecule has 1 aliphatic rings. The number of aliphatic imine (C=N–C) groups is 1. The first-order valence-electron chi connectivity index (χ1n) is 2.96. The first-order valence-corrected chi connectivity index (χ1v) is 3.87. The van der Waals surface area contributed by atoms with Crippen LogP contribution in [0.2, 0.25) is 0 Å². The summed E-state index contributed by atoms with van der Waals surface area (Å²) >= 11 is 3.17. The number of amides is 1.